The Morgan fingerprint density at radius 2 is 2.35 bits per heavy atom. The number of nitrogens with zero attached hydrogens (tertiary/aromatic N) is 2. The molecule has 1 aromatic heterocycles. The number of rotatable bonds is 3. The Balaban J connectivity index is 2.10. The predicted molar refractivity (Wildman–Crippen MR) is 59.7 cm³/mol. The summed E-state index contributed by atoms with van der Waals surface area (Å²) >= 11 is 3.16. The molecule has 0 amide bonds. The number of halogens is 2. The lowest BCUT2D eigenvalue weighted by molar-refractivity contribution is 0.264. The molecule has 0 spiro atoms. The van der Waals surface area contributed by atoms with Gasteiger partial charge in [0.2, 0.25) is 0 Å². The molecule has 0 saturated carbocycles. The zero-order valence-electron chi connectivity index (χ0n) is 8.48. The highest BCUT2D eigenvalue weighted by Crippen LogP contribution is 2.23. The molecule has 0 aliphatic carbocycles. The van der Waals surface area contributed by atoms with Crippen molar-refractivity contribution in [1.82, 2.24) is 5.16 Å². The molecule has 6 heteroatoms. The minimum atomic E-state index is -0.483. The predicted octanol–water partition coefficient (Wildman–Crippen LogP) is 3.03. The van der Waals surface area contributed by atoms with Crippen molar-refractivity contribution >= 4 is 15.9 Å². The summed E-state index contributed by atoms with van der Waals surface area (Å²) in [6, 6.07) is 6.05. The summed E-state index contributed by atoms with van der Waals surface area (Å²) in [6.07, 6.45) is 1.37. The smallest absolute Gasteiger partial charge is 0.268 e. The summed E-state index contributed by atoms with van der Waals surface area (Å²) in [7, 11) is 0. The summed E-state index contributed by atoms with van der Waals surface area (Å²) in [5.74, 6) is -0.225. The van der Waals surface area contributed by atoms with Crippen molar-refractivity contribution in [3.8, 4) is 11.9 Å². The molecule has 0 unspecified atom stereocenters. The van der Waals surface area contributed by atoms with Gasteiger partial charge in [0, 0.05) is 5.56 Å². The van der Waals surface area contributed by atoms with Crippen LogP contribution in [0.25, 0.3) is 0 Å². The van der Waals surface area contributed by atoms with Crippen LogP contribution in [0.15, 0.2) is 33.5 Å². The van der Waals surface area contributed by atoms with Crippen LogP contribution in [-0.4, -0.2) is 5.16 Å². The van der Waals surface area contributed by atoms with E-state index in [4.69, 9.17) is 10.00 Å². The summed E-state index contributed by atoms with van der Waals surface area (Å²) in [5, 5.41) is 12.2. The van der Waals surface area contributed by atoms with Gasteiger partial charge in [-0.25, -0.2) is 4.39 Å². The number of benzene rings is 1. The third-order valence-electron chi connectivity index (χ3n) is 2.04. The van der Waals surface area contributed by atoms with Gasteiger partial charge in [0.1, 0.15) is 23.2 Å². The van der Waals surface area contributed by atoms with Gasteiger partial charge in [-0.05, 0) is 33.2 Å². The summed E-state index contributed by atoms with van der Waals surface area (Å²) < 4.78 is 23.9. The van der Waals surface area contributed by atoms with Crippen LogP contribution < -0.4 is 4.74 Å². The van der Waals surface area contributed by atoms with Gasteiger partial charge in [0.25, 0.3) is 5.88 Å². The third-order valence-corrected chi connectivity index (χ3v) is 2.57. The molecule has 0 aliphatic rings. The molecule has 17 heavy (non-hydrogen) atoms. The Morgan fingerprint density at radius 1 is 1.53 bits per heavy atom. The highest BCUT2D eigenvalue weighted by molar-refractivity contribution is 9.10. The maximum atomic E-state index is 13.5. The van der Waals surface area contributed by atoms with Crippen molar-refractivity contribution in [2.45, 2.75) is 6.61 Å². The van der Waals surface area contributed by atoms with Crippen LogP contribution in [0.5, 0.6) is 5.88 Å². The third kappa shape index (κ3) is 2.63. The van der Waals surface area contributed by atoms with Gasteiger partial charge in [-0.1, -0.05) is 6.07 Å². The first kappa shape index (κ1) is 11.6. The van der Waals surface area contributed by atoms with Crippen molar-refractivity contribution in [2.75, 3.05) is 0 Å². The van der Waals surface area contributed by atoms with Crippen LogP contribution in [0.3, 0.4) is 0 Å². The van der Waals surface area contributed by atoms with Crippen molar-refractivity contribution in [3.05, 3.63) is 45.9 Å². The van der Waals surface area contributed by atoms with Crippen molar-refractivity contribution in [1.29, 1.82) is 5.26 Å². The van der Waals surface area contributed by atoms with Crippen LogP contribution in [-0.2, 0) is 6.61 Å². The van der Waals surface area contributed by atoms with Crippen LogP contribution in [0.2, 0.25) is 0 Å². The van der Waals surface area contributed by atoms with Gasteiger partial charge >= 0.3 is 0 Å². The van der Waals surface area contributed by atoms with Crippen molar-refractivity contribution in [3.63, 3.8) is 0 Å². The van der Waals surface area contributed by atoms with E-state index < -0.39 is 5.82 Å². The standard InChI is InChI=1S/C11H6BrFN2O2/c12-9-6-17-15-11(9)16-5-8-2-1-7(4-14)3-10(8)13/h1-3,6H,5H2. The Morgan fingerprint density at radius 3 is 2.94 bits per heavy atom. The van der Waals surface area contributed by atoms with Gasteiger partial charge in [-0.2, -0.15) is 5.26 Å². The molecule has 0 bridgehead atoms. The molecule has 0 saturated heterocycles. The molecule has 4 nitrogen and oxygen atoms in total. The monoisotopic (exact) mass is 296 g/mol. The van der Waals surface area contributed by atoms with Gasteiger partial charge in [-0.3, -0.25) is 0 Å². The van der Waals surface area contributed by atoms with E-state index in [1.54, 1.807) is 0 Å². The van der Waals surface area contributed by atoms with E-state index in [0.717, 1.165) is 6.07 Å². The van der Waals surface area contributed by atoms with E-state index in [1.807, 2.05) is 6.07 Å². The molecule has 2 rings (SSSR count). The van der Waals surface area contributed by atoms with Crippen LogP contribution in [0, 0.1) is 17.1 Å². The Kier molecular flexibility index (Phi) is 3.40. The molecule has 0 N–H and O–H groups in total. The Hall–Kier alpha value is -1.87. The lowest BCUT2D eigenvalue weighted by Gasteiger charge is -2.04. The van der Waals surface area contributed by atoms with Crippen LogP contribution in [0.1, 0.15) is 11.1 Å². The Bertz CT molecular complexity index is 577. The summed E-state index contributed by atoms with van der Waals surface area (Å²) in [5.41, 5.74) is 0.618. The molecule has 1 aromatic carbocycles. The fourth-order valence-electron chi connectivity index (χ4n) is 1.19. The second kappa shape index (κ2) is 4.97. The van der Waals surface area contributed by atoms with E-state index in [9.17, 15) is 4.39 Å². The van der Waals surface area contributed by atoms with Gasteiger partial charge in [0.05, 0.1) is 11.6 Å². The first-order chi connectivity index (χ1) is 8.20. The molecule has 0 radical (unpaired) electrons. The second-order valence-electron chi connectivity index (χ2n) is 3.17. The average Bonchev–Trinajstić information content (AvgIpc) is 2.73. The second-order valence-corrected chi connectivity index (χ2v) is 4.03. The van der Waals surface area contributed by atoms with E-state index in [1.165, 1.54) is 18.4 Å². The highest BCUT2D eigenvalue weighted by Gasteiger charge is 2.08. The lowest BCUT2D eigenvalue weighted by atomic mass is 10.1. The molecular formula is C11H6BrFN2O2. The van der Waals surface area contributed by atoms with Gasteiger partial charge < -0.3 is 9.26 Å². The van der Waals surface area contributed by atoms with E-state index in [2.05, 4.69) is 25.6 Å². The van der Waals surface area contributed by atoms with E-state index in [-0.39, 0.29) is 18.1 Å². The number of hydrogen-bond acceptors (Lipinski definition) is 4. The molecule has 2 aromatic rings. The fraction of sp³-hybridized carbons (Fsp3) is 0.0909. The topological polar surface area (TPSA) is 59.0 Å². The minimum Gasteiger partial charge on any atom is -0.470 e. The SMILES string of the molecule is N#Cc1ccc(COc2nocc2Br)c(F)c1. The fourth-order valence-corrected chi connectivity index (χ4v) is 1.46. The largest absolute Gasteiger partial charge is 0.470 e. The number of ether oxygens (including phenoxy) is 1. The molecule has 0 fully saturated rings. The lowest BCUT2D eigenvalue weighted by Crippen LogP contribution is -1.99. The van der Waals surface area contributed by atoms with Gasteiger partial charge in [0.15, 0.2) is 0 Å². The Labute approximate surface area is 105 Å². The normalized spacial score (nSPS) is 9.94. The maximum absolute atomic E-state index is 13.5. The minimum absolute atomic E-state index is 0.0165. The first-order valence-electron chi connectivity index (χ1n) is 4.62. The zero-order chi connectivity index (χ0) is 12.3. The maximum Gasteiger partial charge on any atom is 0.268 e. The molecule has 0 atom stereocenters. The van der Waals surface area contributed by atoms with Crippen LogP contribution in [0.4, 0.5) is 4.39 Å². The van der Waals surface area contributed by atoms with E-state index >= 15 is 0 Å². The number of nitriles is 1. The zero-order valence-corrected chi connectivity index (χ0v) is 10.1. The summed E-state index contributed by atoms with van der Waals surface area (Å²) in [4.78, 5) is 0. The highest BCUT2D eigenvalue weighted by atomic mass is 79.9. The molecular weight excluding hydrogens is 291 g/mol. The quantitative estimate of drug-likeness (QED) is 0.873. The molecule has 0 aliphatic heterocycles. The molecule has 86 valence electrons. The molecule has 1 heterocycles. The average molecular weight is 297 g/mol. The first-order valence-corrected chi connectivity index (χ1v) is 5.41. The summed E-state index contributed by atoms with van der Waals surface area (Å²) in [6.45, 7) is 0.0165. The van der Waals surface area contributed by atoms with Gasteiger partial charge in [-0.15, -0.1) is 0 Å². The number of hydrogen-bond donors (Lipinski definition) is 0. The van der Waals surface area contributed by atoms with Crippen molar-refractivity contribution < 1.29 is 13.7 Å². The number of aromatic nitrogens is 1. The van der Waals surface area contributed by atoms with E-state index in [0.29, 0.717) is 10.0 Å². The van der Waals surface area contributed by atoms with Crippen LogP contribution >= 0.6 is 15.9 Å². The van der Waals surface area contributed by atoms with Crippen molar-refractivity contribution in [2.24, 2.45) is 0 Å².